The lowest BCUT2D eigenvalue weighted by atomic mass is 9.90. The molecule has 2 aromatic carbocycles. The van der Waals surface area contributed by atoms with E-state index in [1.165, 1.54) is 18.2 Å². The largest absolute Gasteiger partial charge is 0.425 e. The Kier molecular flexibility index (Phi) is 6.49. The van der Waals surface area contributed by atoms with E-state index >= 15 is 0 Å². The second-order valence-corrected chi connectivity index (χ2v) is 10.1. The number of aryl methyl sites for hydroxylation is 3. The number of alkyl halides is 3. The molecule has 38 heavy (non-hydrogen) atoms. The smallest absolute Gasteiger partial charge is 0.352 e. The van der Waals surface area contributed by atoms with Gasteiger partial charge in [-0.1, -0.05) is 35.3 Å². The van der Waals surface area contributed by atoms with Crippen molar-refractivity contribution in [2.45, 2.75) is 32.5 Å². The molecule has 3 heterocycles. The van der Waals surface area contributed by atoms with Gasteiger partial charge in [0, 0.05) is 21.3 Å². The van der Waals surface area contributed by atoms with Crippen LogP contribution in [0, 0.1) is 20.8 Å². The molecule has 5 rings (SSSR count). The third-order valence-electron chi connectivity index (χ3n) is 6.47. The number of aromatic amines is 1. The fraction of sp³-hybridized carbons (Fsp3) is 0.222. The Morgan fingerprint density at radius 3 is 2.42 bits per heavy atom. The first-order chi connectivity index (χ1) is 17.9. The lowest BCUT2D eigenvalue weighted by Crippen LogP contribution is -2.41. The van der Waals surface area contributed by atoms with Gasteiger partial charge >= 0.3 is 6.18 Å². The Hall–Kier alpha value is -3.40. The number of nitrogens with one attached hydrogen (secondary N) is 2. The van der Waals surface area contributed by atoms with Crippen LogP contribution in [0.2, 0.25) is 10.0 Å². The number of carbonyl (C=O) groups is 1. The van der Waals surface area contributed by atoms with E-state index in [1.54, 1.807) is 25.1 Å². The number of ether oxygens (including phenoxy) is 1. The molecule has 2 N–H and O–H groups in total. The van der Waals surface area contributed by atoms with Crippen LogP contribution < -0.4 is 5.32 Å². The van der Waals surface area contributed by atoms with Crippen LogP contribution in [0.3, 0.4) is 0 Å². The molecule has 1 amide bonds. The molecule has 4 aromatic rings. The van der Waals surface area contributed by atoms with E-state index in [-0.39, 0.29) is 22.2 Å². The van der Waals surface area contributed by atoms with Crippen LogP contribution in [0.4, 0.5) is 19.0 Å². The molecule has 1 unspecified atom stereocenters. The molecule has 1 aliphatic heterocycles. The number of halogens is 5. The minimum Gasteiger partial charge on any atom is -0.352 e. The summed E-state index contributed by atoms with van der Waals surface area (Å²) in [6, 6.07) is 10.4. The van der Waals surface area contributed by atoms with E-state index in [9.17, 15) is 18.0 Å². The van der Waals surface area contributed by atoms with E-state index in [4.69, 9.17) is 27.9 Å². The summed E-state index contributed by atoms with van der Waals surface area (Å²) in [5.41, 5.74) is 1.12. The number of hydrogen-bond donors (Lipinski definition) is 2. The zero-order valence-corrected chi connectivity index (χ0v) is 21.9. The van der Waals surface area contributed by atoms with Gasteiger partial charge in [0.15, 0.2) is 11.5 Å². The molecule has 0 spiro atoms. The monoisotopic (exact) mass is 560 g/mol. The standard InChI is InChI=1S/C27H21Cl2F3N4O2/c1-13-7-16(17-11-26(38-12-17,27(30,31)32)18-8-19(28)10-20(29)9-18)4-5-21(13)25(37)34-24-22-14(2)6-15(3)33-23(22)35-36-24/h4-11H,12H2,1-3H3,(H2,33,34,35,36,37). The van der Waals surface area contributed by atoms with Crippen LogP contribution in [0.1, 0.15) is 38.3 Å². The molecule has 0 radical (unpaired) electrons. The molecule has 0 saturated heterocycles. The number of carbonyl (C=O) groups excluding carboxylic acids is 1. The number of aromatic nitrogens is 3. The van der Waals surface area contributed by atoms with Crippen molar-refractivity contribution in [3.8, 4) is 0 Å². The fourth-order valence-electron chi connectivity index (χ4n) is 4.71. The van der Waals surface area contributed by atoms with E-state index in [0.717, 1.165) is 17.3 Å². The van der Waals surface area contributed by atoms with Crippen molar-refractivity contribution >= 4 is 51.5 Å². The topological polar surface area (TPSA) is 79.9 Å². The molecule has 196 valence electrons. The highest BCUT2D eigenvalue weighted by atomic mass is 35.5. The van der Waals surface area contributed by atoms with Crippen LogP contribution in [-0.2, 0) is 10.3 Å². The van der Waals surface area contributed by atoms with Crippen molar-refractivity contribution in [3.05, 3.63) is 92.1 Å². The van der Waals surface area contributed by atoms with Gasteiger partial charge < -0.3 is 10.1 Å². The molecule has 11 heteroatoms. The van der Waals surface area contributed by atoms with Gasteiger partial charge in [-0.2, -0.15) is 18.3 Å². The third kappa shape index (κ3) is 4.55. The van der Waals surface area contributed by atoms with Gasteiger partial charge in [-0.15, -0.1) is 0 Å². The minimum absolute atomic E-state index is 0.0681. The number of amides is 1. The SMILES string of the molecule is Cc1cc(C)c2c(NC(=O)c3ccc(C4=CC(c5cc(Cl)cc(Cl)c5)(C(F)(F)F)OC4)cc3C)n[nH]c2n1. The number of fused-ring (bicyclic) bond motifs is 1. The Balaban J connectivity index is 1.46. The summed E-state index contributed by atoms with van der Waals surface area (Å²) in [6.45, 7) is 5.18. The third-order valence-corrected chi connectivity index (χ3v) is 6.91. The zero-order chi connectivity index (χ0) is 27.4. The van der Waals surface area contributed by atoms with Crippen molar-refractivity contribution in [3.63, 3.8) is 0 Å². The number of pyridine rings is 1. The van der Waals surface area contributed by atoms with Crippen molar-refractivity contribution in [1.82, 2.24) is 15.2 Å². The van der Waals surface area contributed by atoms with Crippen molar-refractivity contribution < 1.29 is 22.7 Å². The number of nitrogens with zero attached hydrogens (tertiary/aromatic N) is 2. The highest BCUT2D eigenvalue weighted by molar-refractivity contribution is 6.34. The van der Waals surface area contributed by atoms with E-state index in [2.05, 4.69) is 20.5 Å². The van der Waals surface area contributed by atoms with Crippen molar-refractivity contribution in [2.75, 3.05) is 11.9 Å². The summed E-state index contributed by atoms with van der Waals surface area (Å²) >= 11 is 12.0. The zero-order valence-electron chi connectivity index (χ0n) is 20.4. The summed E-state index contributed by atoms with van der Waals surface area (Å²) in [6.07, 6.45) is -3.73. The van der Waals surface area contributed by atoms with Crippen LogP contribution in [0.25, 0.3) is 16.6 Å². The minimum atomic E-state index is -4.77. The molecule has 1 atom stereocenters. The van der Waals surface area contributed by atoms with Crippen LogP contribution >= 0.6 is 23.2 Å². The number of anilines is 1. The number of hydrogen-bond acceptors (Lipinski definition) is 4. The first-order valence-electron chi connectivity index (χ1n) is 11.5. The molecule has 0 aliphatic carbocycles. The normalized spacial score (nSPS) is 17.6. The quantitative estimate of drug-likeness (QED) is 0.274. The van der Waals surface area contributed by atoms with Gasteiger partial charge in [0.2, 0.25) is 5.60 Å². The van der Waals surface area contributed by atoms with Crippen molar-refractivity contribution in [1.29, 1.82) is 0 Å². The summed E-state index contributed by atoms with van der Waals surface area (Å²) in [5, 5.41) is 10.6. The first kappa shape index (κ1) is 26.2. The van der Waals surface area contributed by atoms with Gasteiger partial charge in [-0.3, -0.25) is 9.89 Å². The number of rotatable bonds is 4. The lowest BCUT2D eigenvalue weighted by Gasteiger charge is -2.30. The summed E-state index contributed by atoms with van der Waals surface area (Å²) in [7, 11) is 0. The Labute approximate surface area is 225 Å². The molecule has 1 aliphatic rings. The fourth-order valence-corrected chi connectivity index (χ4v) is 5.24. The second kappa shape index (κ2) is 9.41. The lowest BCUT2D eigenvalue weighted by molar-refractivity contribution is -0.254. The summed E-state index contributed by atoms with van der Waals surface area (Å²) in [4.78, 5) is 17.5. The van der Waals surface area contributed by atoms with Crippen LogP contribution in [0.15, 0.2) is 48.5 Å². The average molecular weight is 561 g/mol. The maximum Gasteiger partial charge on any atom is 0.425 e. The Morgan fingerprint density at radius 1 is 1.05 bits per heavy atom. The van der Waals surface area contributed by atoms with E-state index in [0.29, 0.717) is 39.1 Å². The van der Waals surface area contributed by atoms with Gasteiger partial charge in [-0.25, -0.2) is 4.98 Å². The first-order valence-corrected chi connectivity index (χ1v) is 12.3. The highest BCUT2D eigenvalue weighted by Crippen LogP contribution is 2.49. The van der Waals surface area contributed by atoms with Gasteiger partial charge in [-0.05, 0) is 85.0 Å². The van der Waals surface area contributed by atoms with Crippen molar-refractivity contribution in [2.24, 2.45) is 0 Å². The molecular formula is C27H21Cl2F3N4O2. The number of benzene rings is 2. The van der Waals surface area contributed by atoms with Gasteiger partial charge in [0.1, 0.15) is 0 Å². The predicted molar refractivity (Wildman–Crippen MR) is 141 cm³/mol. The molecule has 2 aromatic heterocycles. The molecule has 0 saturated carbocycles. The summed E-state index contributed by atoms with van der Waals surface area (Å²) < 4.78 is 48.4. The summed E-state index contributed by atoms with van der Waals surface area (Å²) in [5.74, 6) is -0.0576. The molecule has 6 nitrogen and oxygen atoms in total. The predicted octanol–water partition coefficient (Wildman–Crippen LogP) is 7.31. The second-order valence-electron chi connectivity index (χ2n) is 9.21. The average Bonchev–Trinajstić information content (AvgIpc) is 3.44. The van der Waals surface area contributed by atoms with Gasteiger partial charge in [0.05, 0.1) is 12.0 Å². The molecular weight excluding hydrogens is 540 g/mol. The maximum absolute atomic E-state index is 14.3. The van der Waals surface area contributed by atoms with Crippen LogP contribution in [-0.4, -0.2) is 33.9 Å². The number of H-pyrrole nitrogens is 1. The Morgan fingerprint density at radius 2 is 1.76 bits per heavy atom. The molecule has 0 fully saturated rings. The van der Waals surface area contributed by atoms with Gasteiger partial charge in [0.25, 0.3) is 5.91 Å². The molecule has 0 bridgehead atoms. The Bertz CT molecular complexity index is 1610. The van der Waals surface area contributed by atoms with E-state index < -0.39 is 17.7 Å². The maximum atomic E-state index is 14.3. The van der Waals surface area contributed by atoms with Crippen LogP contribution in [0.5, 0.6) is 0 Å². The van der Waals surface area contributed by atoms with E-state index in [1.807, 2.05) is 19.9 Å². The highest BCUT2D eigenvalue weighted by Gasteiger charge is 2.58.